The van der Waals surface area contributed by atoms with E-state index in [1.54, 1.807) is 18.2 Å². The van der Waals surface area contributed by atoms with Crippen LogP contribution in [0.2, 0.25) is 0 Å². The molecule has 0 atom stereocenters. The molecule has 0 fully saturated rings. The van der Waals surface area contributed by atoms with Crippen LogP contribution >= 0.6 is 15.9 Å². The molecular formula is C14H10BrNO5. The molecule has 108 valence electrons. The van der Waals surface area contributed by atoms with E-state index in [0.29, 0.717) is 15.8 Å². The Hall–Kier alpha value is -2.41. The molecule has 0 aromatic heterocycles. The fourth-order valence-corrected chi connectivity index (χ4v) is 2.14. The van der Waals surface area contributed by atoms with Gasteiger partial charge in [-0.2, -0.15) is 0 Å². The Labute approximate surface area is 128 Å². The molecule has 0 saturated carbocycles. The Bertz CT molecular complexity index is 684. The number of ether oxygens (including phenoxy) is 2. The van der Waals surface area contributed by atoms with E-state index in [0.717, 1.165) is 0 Å². The second-order valence-corrected chi connectivity index (χ2v) is 4.84. The lowest BCUT2D eigenvalue weighted by molar-refractivity contribution is -0.384. The first-order valence-electron chi connectivity index (χ1n) is 5.81. The highest BCUT2D eigenvalue weighted by Gasteiger charge is 2.12. The van der Waals surface area contributed by atoms with Crippen LogP contribution in [0.5, 0.6) is 11.5 Å². The second kappa shape index (κ2) is 6.36. The van der Waals surface area contributed by atoms with E-state index >= 15 is 0 Å². The van der Waals surface area contributed by atoms with Crippen LogP contribution in [0.25, 0.3) is 0 Å². The van der Waals surface area contributed by atoms with Crippen molar-refractivity contribution in [3.63, 3.8) is 0 Å². The number of methoxy groups -OCH3 is 1. The zero-order valence-corrected chi connectivity index (χ0v) is 12.5. The SMILES string of the molecule is COc1ccc(C(=O)Oc2ccc([N+](=O)[O-])cc2)cc1Br. The molecule has 0 bridgehead atoms. The van der Waals surface area contributed by atoms with Crippen molar-refractivity contribution in [2.24, 2.45) is 0 Å². The van der Waals surface area contributed by atoms with Gasteiger partial charge in [-0.15, -0.1) is 0 Å². The van der Waals surface area contributed by atoms with E-state index in [1.165, 1.54) is 31.4 Å². The topological polar surface area (TPSA) is 78.7 Å². The number of carbonyl (C=O) groups is 1. The molecule has 0 amide bonds. The van der Waals surface area contributed by atoms with Crippen molar-refractivity contribution in [3.05, 3.63) is 62.6 Å². The van der Waals surface area contributed by atoms with Gasteiger partial charge >= 0.3 is 5.97 Å². The van der Waals surface area contributed by atoms with Crippen molar-refractivity contribution in [3.8, 4) is 11.5 Å². The van der Waals surface area contributed by atoms with Crippen molar-refractivity contribution in [1.29, 1.82) is 0 Å². The number of benzene rings is 2. The van der Waals surface area contributed by atoms with Crippen LogP contribution in [0.3, 0.4) is 0 Å². The van der Waals surface area contributed by atoms with Gasteiger partial charge in [0.15, 0.2) is 0 Å². The number of hydrogen-bond donors (Lipinski definition) is 0. The quantitative estimate of drug-likeness (QED) is 0.364. The van der Waals surface area contributed by atoms with Crippen LogP contribution in [0, 0.1) is 10.1 Å². The lowest BCUT2D eigenvalue weighted by Crippen LogP contribution is -2.08. The average molecular weight is 352 g/mol. The van der Waals surface area contributed by atoms with Gasteiger partial charge < -0.3 is 9.47 Å². The number of carbonyl (C=O) groups excluding carboxylic acids is 1. The molecule has 6 nitrogen and oxygen atoms in total. The third kappa shape index (κ3) is 3.57. The number of rotatable bonds is 4. The van der Waals surface area contributed by atoms with Crippen molar-refractivity contribution >= 4 is 27.6 Å². The Morgan fingerprint density at radius 3 is 2.38 bits per heavy atom. The molecule has 7 heteroatoms. The summed E-state index contributed by atoms with van der Waals surface area (Å²) in [5, 5.41) is 10.5. The van der Waals surface area contributed by atoms with E-state index in [4.69, 9.17) is 9.47 Å². The van der Waals surface area contributed by atoms with E-state index in [2.05, 4.69) is 15.9 Å². The van der Waals surface area contributed by atoms with E-state index < -0.39 is 10.9 Å². The highest BCUT2D eigenvalue weighted by atomic mass is 79.9. The Morgan fingerprint density at radius 1 is 1.19 bits per heavy atom. The molecule has 21 heavy (non-hydrogen) atoms. The summed E-state index contributed by atoms with van der Waals surface area (Å²) in [6.45, 7) is 0. The Balaban J connectivity index is 2.14. The number of halogens is 1. The molecule has 2 aromatic rings. The molecule has 0 heterocycles. The van der Waals surface area contributed by atoms with Crippen LogP contribution in [-0.4, -0.2) is 18.0 Å². The van der Waals surface area contributed by atoms with Gasteiger partial charge in [-0.3, -0.25) is 10.1 Å². The molecule has 2 aromatic carbocycles. The number of nitro groups is 1. The number of esters is 1. The van der Waals surface area contributed by atoms with Crippen LogP contribution in [0.15, 0.2) is 46.9 Å². The van der Waals surface area contributed by atoms with E-state index in [-0.39, 0.29) is 11.4 Å². The summed E-state index contributed by atoms with van der Waals surface area (Å²) in [5.41, 5.74) is 0.267. The fraction of sp³-hybridized carbons (Fsp3) is 0.0714. The van der Waals surface area contributed by atoms with Gasteiger partial charge in [-0.05, 0) is 46.3 Å². The second-order valence-electron chi connectivity index (χ2n) is 3.99. The summed E-state index contributed by atoms with van der Waals surface area (Å²) in [5.74, 6) is 0.270. The van der Waals surface area contributed by atoms with Gasteiger partial charge in [0.1, 0.15) is 11.5 Å². The summed E-state index contributed by atoms with van der Waals surface area (Å²) >= 11 is 3.28. The maximum absolute atomic E-state index is 12.0. The molecule has 0 saturated heterocycles. The Morgan fingerprint density at radius 2 is 1.86 bits per heavy atom. The summed E-state index contributed by atoms with van der Waals surface area (Å²) < 4.78 is 10.8. The van der Waals surface area contributed by atoms with Gasteiger partial charge in [0.25, 0.3) is 5.69 Å². The molecular weight excluding hydrogens is 342 g/mol. The molecule has 0 aliphatic rings. The van der Waals surface area contributed by atoms with Crippen molar-refractivity contribution in [2.75, 3.05) is 7.11 Å². The normalized spacial score (nSPS) is 10.0. The lowest BCUT2D eigenvalue weighted by Gasteiger charge is -2.07. The molecule has 2 rings (SSSR count). The van der Waals surface area contributed by atoms with Crippen LogP contribution < -0.4 is 9.47 Å². The highest BCUT2D eigenvalue weighted by Crippen LogP contribution is 2.26. The molecule has 0 aliphatic carbocycles. The minimum atomic E-state index is -0.563. The first-order chi connectivity index (χ1) is 10.0. The monoisotopic (exact) mass is 351 g/mol. The van der Waals surface area contributed by atoms with Crippen molar-refractivity contribution in [1.82, 2.24) is 0 Å². The summed E-state index contributed by atoms with van der Waals surface area (Å²) in [6, 6.07) is 10.1. The van der Waals surface area contributed by atoms with Gasteiger partial charge in [-0.25, -0.2) is 4.79 Å². The molecule has 0 aliphatic heterocycles. The molecule has 0 N–H and O–H groups in total. The smallest absolute Gasteiger partial charge is 0.343 e. The van der Waals surface area contributed by atoms with Crippen molar-refractivity contribution < 1.29 is 19.2 Å². The summed E-state index contributed by atoms with van der Waals surface area (Å²) in [4.78, 5) is 22.0. The molecule has 0 unspecified atom stereocenters. The average Bonchev–Trinajstić information content (AvgIpc) is 2.47. The third-order valence-electron chi connectivity index (χ3n) is 2.65. The maximum Gasteiger partial charge on any atom is 0.343 e. The first-order valence-corrected chi connectivity index (χ1v) is 6.60. The van der Waals surface area contributed by atoms with Crippen molar-refractivity contribution in [2.45, 2.75) is 0 Å². The first kappa shape index (κ1) is 15.0. The van der Waals surface area contributed by atoms with E-state index in [1.807, 2.05) is 0 Å². The number of hydrogen-bond acceptors (Lipinski definition) is 5. The predicted molar refractivity (Wildman–Crippen MR) is 78.7 cm³/mol. The summed E-state index contributed by atoms with van der Waals surface area (Å²) in [6.07, 6.45) is 0. The van der Waals surface area contributed by atoms with Crippen LogP contribution in [0.4, 0.5) is 5.69 Å². The number of nitrogens with zero attached hydrogens (tertiary/aromatic N) is 1. The number of non-ortho nitro benzene ring substituents is 1. The zero-order valence-electron chi connectivity index (χ0n) is 10.9. The van der Waals surface area contributed by atoms with Gasteiger partial charge in [0, 0.05) is 12.1 Å². The fourth-order valence-electron chi connectivity index (χ4n) is 1.60. The largest absolute Gasteiger partial charge is 0.496 e. The highest BCUT2D eigenvalue weighted by molar-refractivity contribution is 9.10. The molecule has 0 radical (unpaired) electrons. The Kier molecular flexibility index (Phi) is 4.54. The standard InChI is InChI=1S/C14H10BrNO5/c1-20-13-7-2-9(8-12(13)15)14(17)21-11-5-3-10(4-6-11)16(18)19/h2-8H,1H3. The lowest BCUT2D eigenvalue weighted by atomic mass is 10.2. The van der Waals surface area contributed by atoms with Crippen LogP contribution in [0.1, 0.15) is 10.4 Å². The van der Waals surface area contributed by atoms with Gasteiger partial charge in [0.05, 0.1) is 22.1 Å². The van der Waals surface area contributed by atoms with E-state index in [9.17, 15) is 14.9 Å². The molecule has 0 spiro atoms. The van der Waals surface area contributed by atoms with Gasteiger partial charge in [0.2, 0.25) is 0 Å². The minimum Gasteiger partial charge on any atom is -0.496 e. The van der Waals surface area contributed by atoms with Gasteiger partial charge in [-0.1, -0.05) is 0 Å². The third-order valence-corrected chi connectivity index (χ3v) is 3.27. The van der Waals surface area contributed by atoms with Crippen LogP contribution in [-0.2, 0) is 0 Å². The zero-order chi connectivity index (χ0) is 15.4. The maximum atomic E-state index is 12.0. The minimum absolute atomic E-state index is 0.0676. The predicted octanol–water partition coefficient (Wildman–Crippen LogP) is 3.59. The summed E-state index contributed by atoms with van der Waals surface area (Å²) in [7, 11) is 1.52. The number of nitro benzene ring substituents is 1.